The Bertz CT molecular complexity index is 1330. The van der Waals surface area contributed by atoms with E-state index in [0.717, 1.165) is 48.0 Å². The lowest BCUT2D eigenvalue weighted by Gasteiger charge is -2.43. The molecule has 3 fully saturated rings. The standard InChI is InChI=1S/C26H29N5O4/c1-14-20(25(33)30-13-22(32)15(30)2)12-31-24(14)23(9-10-27-31)35-18-7-8-21(19(11-18)16-3-4-16)29-26(34)28-17-5-6-17/h7-12,15-17,22,32H,3-6,13H2,1-2H3,(H2,28,29,34). The zero-order chi connectivity index (χ0) is 24.3. The lowest BCUT2D eigenvalue weighted by Crippen LogP contribution is -2.60. The number of hydrogen-bond acceptors (Lipinski definition) is 5. The van der Waals surface area contributed by atoms with Crippen LogP contribution in [0.1, 0.15) is 60.0 Å². The maximum atomic E-state index is 13.1. The number of nitrogens with zero attached hydrogens (tertiary/aromatic N) is 3. The van der Waals surface area contributed by atoms with Crippen LogP contribution in [-0.4, -0.2) is 56.3 Å². The lowest BCUT2D eigenvalue weighted by molar-refractivity contribution is -0.0357. The number of aliphatic hydroxyl groups is 1. The number of likely N-dealkylation sites (tertiary alicyclic amines) is 1. The minimum atomic E-state index is -0.480. The number of urea groups is 1. The summed E-state index contributed by atoms with van der Waals surface area (Å²) in [7, 11) is 0. The quantitative estimate of drug-likeness (QED) is 0.503. The van der Waals surface area contributed by atoms with Crippen molar-refractivity contribution in [3.8, 4) is 11.5 Å². The third-order valence-corrected chi connectivity index (χ3v) is 7.24. The van der Waals surface area contributed by atoms with Gasteiger partial charge in [0, 0.05) is 30.5 Å². The summed E-state index contributed by atoms with van der Waals surface area (Å²) in [4.78, 5) is 27.0. The molecule has 2 aliphatic carbocycles. The summed E-state index contributed by atoms with van der Waals surface area (Å²) in [5.74, 6) is 1.57. The van der Waals surface area contributed by atoms with E-state index in [4.69, 9.17) is 4.74 Å². The molecule has 182 valence electrons. The van der Waals surface area contributed by atoms with E-state index in [9.17, 15) is 14.7 Å². The number of anilines is 1. The summed E-state index contributed by atoms with van der Waals surface area (Å²) in [6, 6.07) is 7.46. The Labute approximate surface area is 203 Å². The first-order valence-corrected chi connectivity index (χ1v) is 12.2. The number of rotatable bonds is 6. The van der Waals surface area contributed by atoms with Gasteiger partial charge in [-0.05, 0) is 74.8 Å². The number of carbonyl (C=O) groups is 2. The van der Waals surface area contributed by atoms with E-state index in [1.54, 1.807) is 27.9 Å². The van der Waals surface area contributed by atoms with Gasteiger partial charge in [0.15, 0.2) is 5.75 Å². The highest BCUT2D eigenvalue weighted by Crippen LogP contribution is 2.45. The molecule has 9 heteroatoms. The predicted molar refractivity (Wildman–Crippen MR) is 130 cm³/mol. The van der Waals surface area contributed by atoms with E-state index in [-0.39, 0.29) is 18.0 Å². The molecule has 3 aromatic rings. The first-order chi connectivity index (χ1) is 16.9. The molecule has 3 aliphatic rings. The summed E-state index contributed by atoms with van der Waals surface area (Å²) in [6.07, 6.45) is 7.16. The predicted octanol–water partition coefficient (Wildman–Crippen LogP) is 3.80. The van der Waals surface area contributed by atoms with Gasteiger partial charge in [0.2, 0.25) is 0 Å². The number of fused-ring (bicyclic) bond motifs is 1. The zero-order valence-electron chi connectivity index (χ0n) is 19.8. The van der Waals surface area contributed by atoms with Crippen molar-refractivity contribution in [2.24, 2.45) is 0 Å². The molecule has 3 heterocycles. The topological polar surface area (TPSA) is 108 Å². The second-order valence-electron chi connectivity index (χ2n) is 9.92. The van der Waals surface area contributed by atoms with Crippen molar-refractivity contribution in [1.82, 2.24) is 19.8 Å². The highest BCUT2D eigenvalue weighted by molar-refractivity contribution is 5.99. The third-order valence-electron chi connectivity index (χ3n) is 7.24. The molecule has 2 atom stereocenters. The second-order valence-corrected chi connectivity index (χ2v) is 9.92. The molecule has 1 aromatic carbocycles. The summed E-state index contributed by atoms with van der Waals surface area (Å²) in [5, 5.41) is 20.2. The maximum Gasteiger partial charge on any atom is 0.319 e. The Morgan fingerprint density at radius 1 is 1.17 bits per heavy atom. The Hall–Kier alpha value is -3.59. The van der Waals surface area contributed by atoms with Crippen molar-refractivity contribution in [3.05, 3.63) is 53.3 Å². The normalized spacial score (nSPS) is 21.5. The van der Waals surface area contributed by atoms with Gasteiger partial charge in [0.05, 0.1) is 23.9 Å². The molecule has 35 heavy (non-hydrogen) atoms. The number of β-amino-alcohol motifs (C(OH)–C–C–N with tert-alkyl or cyclic N) is 1. The third kappa shape index (κ3) is 4.10. The number of amides is 3. The van der Waals surface area contributed by atoms with Gasteiger partial charge in [-0.1, -0.05) is 0 Å². The summed E-state index contributed by atoms with van der Waals surface area (Å²) >= 11 is 0. The van der Waals surface area contributed by atoms with Crippen LogP contribution < -0.4 is 15.4 Å². The summed E-state index contributed by atoms with van der Waals surface area (Å²) < 4.78 is 7.97. The molecule has 3 N–H and O–H groups in total. The lowest BCUT2D eigenvalue weighted by atomic mass is 9.99. The van der Waals surface area contributed by atoms with Crippen molar-refractivity contribution in [2.45, 2.75) is 63.6 Å². The molecule has 6 rings (SSSR count). The highest BCUT2D eigenvalue weighted by atomic mass is 16.5. The molecule has 2 unspecified atom stereocenters. The van der Waals surface area contributed by atoms with Crippen molar-refractivity contribution >= 4 is 23.1 Å². The van der Waals surface area contributed by atoms with E-state index >= 15 is 0 Å². The molecule has 2 saturated carbocycles. The smallest absolute Gasteiger partial charge is 0.319 e. The number of hydrogen-bond donors (Lipinski definition) is 3. The van der Waals surface area contributed by atoms with Gasteiger partial charge in [0.25, 0.3) is 5.91 Å². The fraction of sp³-hybridized carbons (Fsp3) is 0.423. The van der Waals surface area contributed by atoms with Crippen LogP contribution in [0.5, 0.6) is 11.5 Å². The van der Waals surface area contributed by atoms with Gasteiger partial charge in [-0.2, -0.15) is 5.10 Å². The summed E-state index contributed by atoms with van der Waals surface area (Å²) in [5.41, 5.74) is 3.95. The minimum absolute atomic E-state index is 0.118. The Balaban J connectivity index is 1.27. The fourth-order valence-electron chi connectivity index (χ4n) is 4.68. The highest BCUT2D eigenvalue weighted by Gasteiger charge is 2.38. The van der Waals surface area contributed by atoms with Crippen LogP contribution in [0.15, 0.2) is 36.7 Å². The van der Waals surface area contributed by atoms with Crippen molar-refractivity contribution < 1.29 is 19.4 Å². The second kappa shape index (κ2) is 8.27. The van der Waals surface area contributed by atoms with Crippen molar-refractivity contribution in [1.29, 1.82) is 0 Å². The number of aliphatic hydroxyl groups excluding tert-OH is 1. The van der Waals surface area contributed by atoms with Crippen LogP contribution in [0.25, 0.3) is 5.52 Å². The number of benzene rings is 1. The van der Waals surface area contributed by atoms with E-state index in [1.807, 2.05) is 32.0 Å². The number of carbonyl (C=O) groups excluding carboxylic acids is 2. The van der Waals surface area contributed by atoms with Crippen molar-refractivity contribution in [2.75, 3.05) is 11.9 Å². The molecular formula is C26H29N5O4. The van der Waals surface area contributed by atoms with Gasteiger partial charge < -0.3 is 25.4 Å². The fourth-order valence-corrected chi connectivity index (χ4v) is 4.68. The first kappa shape index (κ1) is 21.9. The minimum Gasteiger partial charge on any atom is -0.455 e. The molecule has 0 spiro atoms. The molecule has 1 aliphatic heterocycles. The Morgan fingerprint density at radius 2 is 1.97 bits per heavy atom. The van der Waals surface area contributed by atoms with Crippen LogP contribution in [0, 0.1) is 6.92 Å². The van der Waals surface area contributed by atoms with E-state index in [2.05, 4.69) is 15.7 Å². The van der Waals surface area contributed by atoms with Gasteiger partial charge >= 0.3 is 6.03 Å². The Morgan fingerprint density at radius 3 is 2.66 bits per heavy atom. The number of nitrogens with one attached hydrogen (secondary N) is 2. The molecular weight excluding hydrogens is 446 g/mol. The molecule has 0 bridgehead atoms. The molecule has 0 radical (unpaired) electrons. The van der Waals surface area contributed by atoms with Crippen LogP contribution in [0.2, 0.25) is 0 Å². The zero-order valence-corrected chi connectivity index (χ0v) is 19.8. The van der Waals surface area contributed by atoms with Gasteiger partial charge in [-0.3, -0.25) is 4.79 Å². The van der Waals surface area contributed by atoms with E-state index in [0.29, 0.717) is 35.6 Å². The van der Waals surface area contributed by atoms with Crippen LogP contribution in [0.3, 0.4) is 0 Å². The molecule has 9 nitrogen and oxygen atoms in total. The van der Waals surface area contributed by atoms with Crippen LogP contribution >= 0.6 is 0 Å². The van der Waals surface area contributed by atoms with E-state index in [1.165, 1.54) is 0 Å². The van der Waals surface area contributed by atoms with Gasteiger partial charge in [-0.15, -0.1) is 0 Å². The van der Waals surface area contributed by atoms with Crippen molar-refractivity contribution in [3.63, 3.8) is 0 Å². The monoisotopic (exact) mass is 475 g/mol. The largest absolute Gasteiger partial charge is 0.455 e. The first-order valence-electron chi connectivity index (χ1n) is 12.2. The van der Waals surface area contributed by atoms with E-state index < -0.39 is 6.10 Å². The number of aryl methyl sites for hydroxylation is 1. The van der Waals surface area contributed by atoms with Crippen LogP contribution in [0.4, 0.5) is 10.5 Å². The number of aromatic nitrogens is 2. The van der Waals surface area contributed by atoms with Gasteiger partial charge in [0.1, 0.15) is 11.3 Å². The summed E-state index contributed by atoms with van der Waals surface area (Å²) in [6.45, 7) is 4.07. The molecule has 3 amide bonds. The average Bonchev–Trinajstić information content (AvgIpc) is 3.77. The van der Waals surface area contributed by atoms with Gasteiger partial charge in [-0.25, -0.2) is 9.31 Å². The SMILES string of the molecule is Cc1c(C(=O)N2CC(O)C2C)cn2nccc(Oc3ccc(NC(=O)NC4CC4)c(C4CC4)c3)c12. The number of ether oxygens (including phenoxy) is 1. The Kier molecular flexibility index (Phi) is 5.17. The maximum absolute atomic E-state index is 13.1. The average molecular weight is 476 g/mol. The molecule has 2 aromatic heterocycles. The molecule has 1 saturated heterocycles. The van der Waals surface area contributed by atoms with Crippen LogP contribution in [-0.2, 0) is 0 Å².